The van der Waals surface area contributed by atoms with Crippen molar-refractivity contribution in [1.29, 1.82) is 0 Å². The van der Waals surface area contributed by atoms with Gasteiger partial charge < -0.3 is 5.11 Å². The molecule has 0 spiro atoms. The lowest BCUT2D eigenvalue weighted by atomic mass is 10.0. The fraction of sp³-hybridized carbons (Fsp3) is 0.500. The van der Waals surface area contributed by atoms with Crippen LogP contribution in [-0.4, -0.2) is 11.7 Å². The van der Waals surface area contributed by atoms with E-state index in [0.717, 1.165) is 12.3 Å². The van der Waals surface area contributed by atoms with E-state index in [0.29, 0.717) is 5.92 Å². The van der Waals surface area contributed by atoms with E-state index >= 15 is 0 Å². The second-order valence-electron chi connectivity index (χ2n) is 3.87. The van der Waals surface area contributed by atoms with E-state index in [9.17, 15) is 0 Å². The van der Waals surface area contributed by atoms with Crippen molar-refractivity contribution in [3.05, 3.63) is 36.0 Å². The van der Waals surface area contributed by atoms with Crippen molar-refractivity contribution in [2.24, 2.45) is 11.8 Å². The number of hydrogen-bond donors (Lipinski definition) is 1. The van der Waals surface area contributed by atoms with E-state index in [1.54, 1.807) is 0 Å². The van der Waals surface area contributed by atoms with Crippen molar-refractivity contribution in [3.8, 4) is 0 Å². The van der Waals surface area contributed by atoms with Gasteiger partial charge in [0.1, 0.15) is 0 Å². The average molecular weight is 176 g/mol. The predicted octanol–water partition coefficient (Wildman–Crippen LogP) is 2.45. The summed E-state index contributed by atoms with van der Waals surface area (Å²) >= 11 is 0. The normalized spacial score (nSPS) is 34.1. The van der Waals surface area contributed by atoms with Gasteiger partial charge in [-0.2, -0.15) is 0 Å². The zero-order valence-corrected chi connectivity index (χ0v) is 7.82. The molecule has 0 radical (unpaired) electrons. The van der Waals surface area contributed by atoms with E-state index in [1.165, 1.54) is 18.4 Å². The fourth-order valence-electron chi connectivity index (χ4n) is 2.27. The third-order valence-corrected chi connectivity index (χ3v) is 2.90. The molecule has 1 heteroatoms. The third-order valence-electron chi connectivity index (χ3n) is 2.90. The number of aliphatic hydroxyl groups excluding tert-OH is 1. The number of allylic oxidation sites excluding steroid dienone is 5. The van der Waals surface area contributed by atoms with Crippen LogP contribution < -0.4 is 0 Å². The summed E-state index contributed by atoms with van der Waals surface area (Å²) in [5.41, 5.74) is 1.53. The van der Waals surface area contributed by atoms with Crippen molar-refractivity contribution in [2.75, 3.05) is 6.61 Å². The van der Waals surface area contributed by atoms with E-state index < -0.39 is 0 Å². The number of hydrogen-bond acceptors (Lipinski definition) is 1. The molecule has 2 bridgehead atoms. The molecular weight excluding hydrogens is 160 g/mol. The number of aliphatic hydroxyl groups is 1. The quantitative estimate of drug-likeness (QED) is 0.641. The summed E-state index contributed by atoms with van der Waals surface area (Å²) in [5.74, 6) is 1.39. The van der Waals surface area contributed by atoms with Crippen LogP contribution in [0.1, 0.15) is 19.3 Å². The highest BCUT2D eigenvalue weighted by Crippen LogP contribution is 2.39. The maximum atomic E-state index is 8.75. The topological polar surface area (TPSA) is 20.2 Å². The molecule has 0 amide bonds. The van der Waals surface area contributed by atoms with Crippen LogP contribution in [0, 0.1) is 11.8 Å². The van der Waals surface area contributed by atoms with E-state index in [1.807, 2.05) is 0 Å². The maximum Gasteiger partial charge on any atom is 0.0465 e. The van der Waals surface area contributed by atoms with Gasteiger partial charge in [0.15, 0.2) is 0 Å². The summed E-state index contributed by atoms with van der Waals surface area (Å²) in [7, 11) is 0. The standard InChI is InChI=1S/C12H16O/c13-7-3-6-12-9-10-4-1-2-5-11(12)8-10/h1-2,4-6,10-11,13H,3,7-9H2/b12-6-/t10-,11+/m0/s1. The smallest absolute Gasteiger partial charge is 0.0465 e. The van der Waals surface area contributed by atoms with Crippen LogP contribution in [0.2, 0.25) is 0 Å². The monoisotopic (exact) mass is 176 g/mol. The van der Waals surface area contributed by atoms with Crippen LogP contribution in [0.5, 0.6) is 0 Å². The van der Waals surface area contributed by atoms with Crippen LogP contribution in [0.4, 0.5) is 0 Å². The Hall–Kier alpha value is -0.820. The van der Waals surface area contributed by atoms with Gasteiger partial charge in [0.2, 0.25) is 0 Å². The first kappa shape index (κ1) is 8.76. The Labute approximate surface area is 79.5 Å². The summed E-state index contributed by atoms with van der Waals surface area (Å²) < 4.78 is 0. The highest BCUT2D eigenvalue weighted by molar-refractivity contribution is 5.26. The van der Waals surface area contributed by atoms with Crippen LogP contribution in [0.3, 0.4) is 0 Å². The lowest BCUT2D eigenvalue weighted by molar-refractivity contribution is 0.302. The van der Waals surface area contributed by atoms with E-state index in [4.69, 9.17) is 5.11 Å². The molecule has 0 aromatic heterocycles. The molecule has 2 aliphatic carbocycles. The average Bonchev–Trinajstić information content (AvgIpc) is 2.32. The zero-order valence-electron chi connectivity index (χ0n) is 7.82. The highest BCUT2D eigenvalue weighted by Gasteiger charge is 2.26. The maximum absolute atomic E-state index is 8.75. The Kier molecular flexibility index (Phi) is 2.65. The lowest BCUT2D eigenvalue weighted by Crippen LogP contribution is -1.92. The van der Waals surface area contributed by atoms with Crippen molar-refractivity contribution in [2.45, 2.75) is 19.3 Å². The minimum Gasteiger partial charge on any atom is -0.396 e. The highest BCUT2D eigenvalue weighted by atomic mass is 16.2. The Morgan fingerprint density at radius 3 is 3.08 bits per heavy atom. The molecule has 0 aromatic carbocycles. The van der Waals surface area contributed by atoms with Crippen LogP contribution in [0.25, 0.3) is 0 Å². The predicted molar refractivity (Wildman–Crippen MR) is 54.3 cm³/mol. The summed E-state index contributed by atoms with van der Waals surface area (Å²) in [6.07, 6.45) is 14.4. The van der Waals surface area contributed by atoms with Crippen LogP contribution >= 0.6 is 0 Å². The van der Waals surface area contributed by atoms with Gasteiger partial charge in [0.25, 0.3) is 0 Å². The molecule has 13 heavy (non-hydrogen) atoms. The molecular formula is C12H16O. The number of fused-ring (bicyclic) bond motifs is 2. The Bertz CT molecular complexity index is 260. The molecule has 2 aliphatic rings. The van der Waals surface area contributed by atoms with Gasteiger partial charge >= 0.3 is 0 Å². The summed E-state index contributed by atoms with van der Waals surface area (Å²) in [6.45, 7) is 0.278. The van der Waals surface area contributed by atoms with E-state index in [2.05, 4.69) is 30.4 Å². The molecule has 1 saturated carbocycles. The Balaban J connectivity index is 2.09. The van der Waals surface area contributed by atoms with Crippen molar-refractivity contribution in [1.82, 2.24) is 0 Å². The van der Waals surface area contributed by atoms with Gasteiger partial charge in [-0.3, -0.25) is 0 Å². The summed E-state index contributed by atoms with van der Waals surface area (Å²) in [6, 6.07) is 0. The third kappa shape index (κ3) is 1.92. The first-order chi connectivity index (χ1) is 6.40. The molecule has 0 heterocycles. The Morgan fingerprint density at radius 1 is 1.38 bits per heavy atom. The van der Waals surface area contributed by atoms with Gasteiger partial charge in [-0.15, -0.1) is 0 Å². The number of rotatable bonds is 2. The molecule has 1 fully saturated rings. The molecule has 0 aliphatic heterocycles. The molecule has 2 atom stereocenters. The van der Waals surface area contributed by atoms with Gasteiger partial charge in [-0.1, -0.05) is 36.0 Å². The first-order valence-electron chi connectivity index (χ1n) is 5.05. The van der Waals surface area contributed by atoms with Crippen LogP contribution in [-0.2, 0) is 0 Å². The largest absolute Gasteiger partial charge is 0.396 e. The van der Waals surface area contributed by atoms with Gasteiger partial charge in [-0.05, 0) is 31.1 Å². The molecule has 70 valence electrons. The molecule has 2 rings (SSSR count). The lowest BCUT2D eigenvalue weighted by Gasteiger charge is -2.05. The van der Waals surface area contributed by atoms with E-state index in [-0.39, 0.29) is 6.61 Å². The second-order valence-corrected chi connectivity index (χ2v) is 3.87. The summed E-state index contributed by atoms with van der Waals surface area (Å²) in [5, 5.41) is 8.75. The fourth-order valence-corrected chi connectivity index (χ4v) is 2.27. The van der Waals surface area contributed by atoms with Crippen molar-refractivity contribution >= 4 is 0 Å². The minimum atomic E-state index is 0.278. The van der Waals surface area contributed by atoms with Gasteiger partial charge in [0, 0.05) is 6.61 Å². The zero-order chi connectivity index (χ0) is 9.10. The molecule has 1 nitrogen and oxygen atoms in total. The SMILES string of the molecule is OCC/C=C1/C[C@H]2C=CC=C[C@@H]1C2. The molecule has 1 N–H and O–H groups in total. The van der Waals surface area contributed by atoms with Crippen molar-refractivity contribution < 1.29 is 5.11 Å². The Morgan fingerprint density at radius 2 is 2.23 bits per heavy atom. The minimum absolute atomic E-state index is 0.278. The van der Waals surface area contributed by atoms with Gasteiger partial charge in [-0.25, -0.2) is 0 Å². The second kappa shape index (κ2) is 3.93. The van der Waals surface area contributed by atoms with Gasteiger partial charge in [0.05, 0.1) is 0 Å². The van der Waals surface area contributed by atoms with Crippen LogP contribution in [0.15, 0.2) is 36.0 Å². The van der Waals surface area contributed by atoms with Crippen molar-refractivity contribution in [3.63, 3.8) is 0 Å². The summed E-state index contributed by atoms with van der Waals surface area (Å²) in [4.78, 5) is 0. The molecule has 0 aromatic rings. The molecule has 0 saturated heterocycles. The molecule has 0 unspecified atom stereocenters. The first-order valence-corrected chi connectivity index (χ1v) is 5.05.